The molecule has 0 aliphatic heterocycles. The second-order valence-corrected chi connectivity index (χ2v) is 7.05. The van der Waals surface area contributed by atoms with Crippen molar-refractivity contribution in [2.45, 2.75) is 6.92 Å². The molecule has 148 valence electrons. The molecule has 1 heterocycles. The van der Waals surface area contributed by atoms with Gasteiger partial charge in [-0.3, -0.25) is 9.59 Å². The summed E-state index contributed by atoms with van der Waals surface area (Å²) in [5.74, 6) is -0.398. The number of aromatic nitrogens is 1. The SMILES string of the molecule is CNC(=O)c1ccc(NC(=O)c2cc(-c3ccc(C)cc3)nc3ccccc23)cc1. The lowest BCUT2D eigenvalue weighted by atomic mass is 10.0. The molecule has 2 amide bonds. The van der Waals surface area contributed by atoms with Crippen molar-refractivity contribution in [1.82, 2.24) is 10.3 Å². The van der Waals surface area contributed by atoms with Crippen LogP contribution in [0.4, 0.5) is 5.69 Å². The first-order valence-electron chi connectivity index (χ1n) is 9.65. The quantitative estimate of drug-likeness (QED) is 0.520. The van der Waals surface area contributed by atoms with Gasteiger partial charge in [0.15, 0.2) is 0 Å². The van der Waals surface area contributed by atoms with Gasteiger partial charge in [-0.05, 0) is 43.3 Å². The number of amides is 2. The third-order valence-corrected chi connectivity index (χ3v) is 4.94. The van der Waals surface area contributed by atoms with Crippen molar-refractivity contribution in [3.63, 3.8) is 0 Å². The highest BCUT2D eigenvalue weighted by atomic mass is 16.2. The first kappa shape index (κ1) is 19.3. The fourth-order valence-corrected chi connectivity index (χ4v) is 3.28. The monoisotopic (exact) mass is 395 g/mol. The molecule has 5 heteroatoms. The maximum atomic E-state index is 13.1. The largest absolute Gasteiger partial charge is 0.355 e. The molecule has 0 spiro atoms. The highest BCUT2D eigenvalue weighted by molar-refractivity contribution is 6.13. The van der Waals surface area contributed by atoms with Crippen molar-refractivity contribution in [1.29, 1.82) is 0 Å². The van der Waals surface area contributed by atoms with Crippen molar-refractivity contribution in [2.24, 2.45) is 0 Å². The molecule has 0 unspecified atom stereocenters. The molecule has 0 radical (unpaired) electrons. The van der Waals surface area contributed by atoms with Crippen molar-refractivity contribution in [3.05, 3.63) is 95.6 Å². The van der Waals surface area contributed by atoms with Gasteiger partial charge in [-0.2, -0.15) is 0 Å². The van der Waals surface area contributed by atoms with E-state index in [1.54, 1.807) is 31.3 Å². The van der Waals surface area contributed by atoms with E-state index in [0.717, 1.165) is 27.7 Å². The number of carbonyl (C=O) groups excluding carboxylic acids is 2. The Morgan fingerprint density at radius 2 is 1.53 bits per heavy atom. The summed E-state index contributed by atoms with van der Waals surface area (Å²) in [5.41, 5.74) is 5.32. The number of pyridine rings is 1. The van der Waals surface area contributed by atoms with E-state index >= 15 is 0 Å². The number of hydrogen-bond acceptors (Lipinski definition) is 3. The molecular weight excluding hydrogens is 374 g/mol. The van der Waals surface area contributed by atoms with Crippen LogP contribution in [-0.4, -0.2) is 23.8 Å². The van der Waals surface area contributed by atoms with Crippen LogP contribution in [0.2, 0.25) is 0 Å². The zero-order valence-corrected chi connectivity index (χ0v) is 16.8. The van der Waals surface area contributed by atoms with Crippen LogP contribution < -0.4 is 10.6 Å². The third kappa shape index (κ3) is 3.91. The number of rotatable bonds is 4. The van der Waals surface area contributed by atoms with Crippen LogP contribution in [0.5, 0.6) is 0 Å². The van der Waals surface area contributed by atoms with E-state index in [9.17, 15) is 9.59 Å². The summed E-state index contributed by atoms with van der Waals surface area (Å²) in [6.07, 6.45) is 0. The van der Waals surface area contributed by atoms with Crippen molar-refractivity contribution in [2.75, 3.05) is 12.4 Å². The van der Waals surface area contributed by atoms with Crippen LogP contribution in [0.15, 0.2) is 78.9 Å². The minimum absolute atomic E-state index is 0.171. The summed E-state index contributed by atoms with van der Waals surface area (Å²) in [6.45, 7) is 2.03. The summed E-state index contributed by atoms with van der Waals surface area (Å²) >= 11 is 0. The normalized spacial score (nSPS) is 10.6. The minimum atomic E-state index is -0.227. The Kier molecular flexibility index (Phi) is 5.26. The van der Waals surface area contributed by atoms with Gasteiger partial charge in [0.2, 0.25) is 0 Å². The molecule has 0 bridgehead atoms. The molecule has 0 aliphatic rings. The molecule has 4 rings (SSSR count). The first-order valence-corrected chi connectivity index (χ1v) is 9.65. The Balaban J connectivity index is 1.71. The lowest BCUT2D eigenvalue weighted by molar-refractivity contribution is 0.0962. The Labute approximate surface area is 174 Å². The molecule has 0 atom stereocenters. The number of carbonyl (C=O) groups is 2. The van der Waals surface area contributed by atoms with Crippen LogP contribution in [0.1, 0.15) is 26.3 Å². The predicted molar refractivity (Wildman–Crippen MR) is 120 cm³/mol. The van der Waals surface area contributed by atoms with Gasteiger partial charge < -0.3 is 10.6 Å². The van der Waals surface area contributed by atoms with E-state index in [2.05, 4.69) is 10.6 Å². The van der Waals surface area contributed by atoms with E-state index in [0.29, 0.717) is 16.8 Å². The standard InChI is InChI=1S/C25H21N3O2/c1-16-7-9-17(10-8-16)23-15-21(20-5-3-4-6-22(20)28-23)25(30)27-19-13-11-18(12-14-19)24(29)26-2/h3-15H,1-2H3,(H,26,29)(H,27,30). The van der Waals surface area contributed by atoms with E-state index in [1.165, 1.54) is 0 Å². The van der Waals surface area contributed by atoms with Crippen molar-refractivity contribution < 1.29 is 9.59 Å². The smallest absolute Gasteiger partial charge is 0.256 e. The van der Waals surface area contributed by atoms with Crippen molar-refractivity contribution >= 4 is 28.4 Å². The molecule has 2 N–H and O–H groups in total. The molecule has 0 fully saturated rings. The number of para-hydroxylation sites is 1. The van der Waals surface area contributed by atoms with Gasteiger partial charge in [0.25, 0.3) is 11.8 Å². The molecule has 5 nitrogen and oxygen atoms in total. The molecule has 0 saturated heterocycles. The van der Waals surface area contributed by atoms with E-state index in [4.69, 9.17) is 4.98 Å². The second-order valence-electron chi connectivity index (χ2n) is 7.05. The highest BCUT2D eigenvalue weighted by Crippen LogP contribution is 2.26. The summed E-state index contributed by atoms with van der Waals surface area (Å²) in [6, 6.07) is 24.3. The number of aryl methyl sites for hydroxylation is 1. The first-order chi connectivity index (χ1) is 14.5. The van der Waals surface area contributed by atoms with Crippen LogP contribution in [0, 0.1) is 6.92 Å². The van der Waals surface area contributed by atoms with Crippen LogP contribution in [-0.2, 0) is 0 Å². The Bertz CT molecular complexity index is 1230. The number of nitrogens with one attached hydrogen (secondary N) is 2. The Morgan fingerprint density at radius 1 is 0.833 bits per heavy atom. The average Bonchev–Trinajstić information content (AvgIpc) is 2.78. The number of nitrogens with zero attached hydrogens (tertiary/aromatic N) is 1. The van der Waals surface area contributed by atoms with Gasteiger partial charge in [-0.15, -0.1) is 0 Å². The van der Waals surface area contributed by atoms with E-state index in [1.807, 2.05) is 61.5 Å². The molecule has 30 heavy (non-hydrogen) atoms. The number of hydrogen-bond donors (Lipinski definition) is 2. The van der Waals surface area contributed by atoms with Crippen LogP contribution >= 0.6 is 0 Å². The average molecular weight is 395 g/mol. The zero-order chi connectivity index (χ0) is 21.1. The van der Waals surface area contributed by atoms with Gasteiger partial charge in [-0.25, -0.2) is 4.98 Å². The van der Waals surface area contributed by atoms with Gasteiger partial charge in [0.05, 0.1) is 16.8 Å². The summed E-state index contributed by atoms with van der Waals surface area (Å²) in [4.78, 5) is 29.6. The topological polar surface area (TPSA) is 71.1 Å². The van der Waals surface area contributed by atoms with E-state index in [-0.39, 0.29) is 11.8 Å². The number of fused-ring (bicyclic) bond motifs is 1. The van der Waals surface area contributed by atoms with Gasteiger partial charge in [-0.1, -0.05) is 48.0 Å². The maximum Gasteiger partial charge on any atom is 0.256 e. The minimum Gasteiger partial charge on any atom is -0.355 e. The molecule has 0 aliphatic carbocycles. The van der Waals surface area contributed by atoms with Crippen molar-refractivity contribution in [3.8, 4) is 11.3 Å². The predicted octanol–water partition coefficient (Wildman–Crippen LogP) is 4.82. The summed E-state index contributed by atoms with van der Waals surface area (Å²) < 4.78 is 0. The maximum absolute atomic E-state index is 13.1. The van der Waals surface area contributed by atoms with Gasteiger partial charge >= 0.3 is 0 Å². The fourth-order valence-electron chi connectivity index (χ4n) is 3.28. The molecular formula is C25H21N3O2. The second kappa shape index (κ2) is 8.17. The Morgan fingerprint density at radius 3 is 2.23 bits per heavy atom. The fraction of sp³-hybridized carbons (Fsp3) is 0.0800. The summed E-state index contributed by atoms with van der Waals surface area (Å²) in [7, 11) is 1.58. The summed E-state index contributed by atoms with van der Waals surface area (Å²) in [5, 5.41) is 6.29. The highest BCUT2D eigenvalue weighted by Gasteiger charge is 2.14. The lowest BCUT2D eigenvalue weighted by Crippen LogP contribution is -2.18. The molecule has 0 saturated carbocycles. The number of anilines is 1. The van der Waals surface area contributed by atoms with Crippen LogP contribution in [0.25, 0.3) is 22.2 Å². The van der Waals surface area contributed by atoms with Crippen LogP contribution in [0.3, 0.4) is 0 Å². The lowest BCUT2D eigenvalue weighted by Gasteiger charge is -2.11. The number of benzene rings is 3. The molecule has 1 aromatic heterocycles. The molecule has 3 aromatic carbocycles. The zero-order valence-electron chi connectivity index (χ0n) is 16.8. The van der Waals surface area contributed by atoms with E-state index < -0.39 is 0 Å². The molecule has 4 aromatic rings. The Hall–Kier alpha value is -3.99. The van der Waals surface area contributed by atoms with Gasteiger partial charge in [0, 0.05) is 29.2 Å². The van der Waals surface area contributed by atoms with Gasteiger partial charge in [0.1, 0.15) is 0 Å². The third-order valence-electron chi connectivity index (χ3n) is 4.94.